The molecule has 0 fully saturated rings. The minimum Gasteiger partial charge on any atom is -0.465 e. The number of nitrogens with zero attached hydrogens (tertiary/aromatic N) is 1. The summed E-state index contributed by atoms with van der Waals surface area (Å²) in [5.74, 6) is -0.447. The first-order chi connectivity index (χ1) is 6.70. The summed E-state index contributed by atoms with van der Waals surface area (Å²) in [5, 5.41) is 0. The van der Waals surface area contributed by atoms with Gasteiger partial charge in [0.05, 0.1) is 21.9 Å². The number of carbonyl (C=O) groups excluding carboxylic acids is 2. The van der Waals surface area contributed by atoms with Crippen molar-refractivity contribution in [2.45, 2.75) is 0 Å². The maximum atomic E-state index is 11.2. The second-order valence-corrected chi connectivity index (χ2v) is 3.41. The van der Waals surface area contributed by atoms with Crippen LogP contribution in [0.2, 0.25) is 0 Å². The Morgan fingerprint density at radius 3 is 2.86 bits per heavy atom. The van der Waals surface area contributed by atoms with Crippen LogP contribution in [0.25, 0.3) is 0 Å². The lowest BCUT2D eigenvalue weighted by Gasteiger charge is -2.03. The van der Waals surface area contributed by atoms with E-state index in [2.05, 4.69) is 9.73 Å². The number of esters is 1. The molecule has 4 nitrogen and oxygen atoms in total. The standard InChI is InChI=1S/C9H6INO3/c1-14-9(13)6-3-2-4-7(8(6)10)11-5-12/h2-4H,1H3. The molecule has 1 aromatic rings. The molecule has 0 bridgehead atoms. The minimum atomic E-state index is -0.447. The molecule has 0 aliphatic carbocycles. The Morgan fingerprint density at radius 1 is 1.57 bits per heavy atom. The summed E-state index contributed by atoms with van der Waals surface area (Å²) in [4.78, 5) is 24.8. The molecule has 0 unspecified atom stereocenters. The fourth-order valence-corrected chi connectivity index (χ4v) is 1.62. The van der Waals surface area contributed by atoms with Crippen molar-refractivity contribution in [1.82, 2.24) is 0 Å². The van der Waals surface area contributed by atoms with E-state index >= 15 is 0 Å². The molecule has 0 N–H and O–H groups in total. The van der Waals surface area contributed by atoms with Gasteiger partial charge in [-0.15, -0.1) is 0 Å². The molecule has 14 heavy (non-hydrogen) atoms. The lowest BCUT2D eigenvalue weighted by atomic mass is 10.2. The van der Waals surface area contributed by atoms with Crippen molar-refractivity contribution in [2.75, 3.05) is 7.11 Å². The van der Waals surface area contributed by atoms with E-state index in [1.165, 1.54) is 13.2 Å². The molecule has 1 aromatic carbocycles. The predicted octanol–water partition coefficient (Wildman–Crippen LogP) is 2.05. The van der Waals surface area contributed by atoms with E-state index in [4.69, 9.17) is 0 Å². The molecule has 0 atom stereocenters. The quantitative estimate of drug-likeness (QED) is 0.364. The number of carbonyl (C=O) groups is 1. The second-order valence-electron chi connectivity index (χ2n) is 2.33. The van der Waals surface area contributed by atoms with Gasteiger partial charge in [0.25, 0.3) is 0 Å². The molecule has 0 amide bonds. The zero-order valence-corrected chi connectivity index (χ0v) is 9.44. The Kier molecular flexibility index (Phi) is 3.79. The highest BCUT2D eigenvalue weighted by molar-refractivity contribution is 14.1. The van der Waals surface area contributed by atoms with Crippen LogP contribution in [0.1, 0.15) is 10.4 Å². The van der Waals surface area contributed by atoms with Gasteiger partial charge in [0, 0.05) is 0 Å². The SMILES string of the molecule is COC(=O)c1cccc(N=C=O)c1I. The van der Waals surface area contributed by atoms with Crippen molar-refractivity contribution in [2.24, 2.45) is 4.99 Å². The van der Waals surface area contributed by atoms with Crippen LogP contribution in [0.15, 0.2) is 23.2 Å². The maximum absolute atomic E-state index is 11.2. The molecular weight excluding hydrogens is 297 g/mol. The summed E-state index contributed by atoms with van der Waals surface area (Å²) in [7, 11) is 1.30. The summed E-state index contributed by atoms with van der Waals surface area (Å²) < 4.78 is 5.15. The van der Waals surface area contributed by atoms with Crippen molar-refractivity contribution in [3.05, 3.63) is 27.3 Å². The number of isocyanates is 1. The highest BCUT2D eigenvalue weighted by Gasteiger charge is 2.12. The third-order valence-corrected chi connectivity index (χ3v) is 2.68. The molecule has 1 rings (SSSR count). The van der Waals surface area contributed by atoms with Crippen molar-refractivity contribution in [3.8, 4) is 0 Å². The number of halogens is 1. The van der Waals surface area contributed by atoms with Crippen molar-refractivity contribution in [3.63, 3.8) is 0 Å². The number of ether oxygens (including phenoxy) is 1. The third-order valence-electron chi connectivity index (χ3n) is 1.55. The highest BCUT2D eigenvalue weighted by Crippen LogP contribution is 2.24. The summed E-state index contributed by atoms with van der Waals surface area (Å²) in [6, 6.07) is 4.86. The van der Waals surface area contributed by atoms with Gasteiger partial charge in [-0.3, -0.25) is 0 Å². The van der Waals surface area contributed by atoms with Gasteiger partial charge in [0.15, 0.2) is 0 Å². The molecule has 0 aromatic heterocycles. The topological polar surface area (TPSA) is 55.7 Å². The smallest absolute Gasteiger partial charge is 0.339 e. The predicted molar refractivity (Wildman–Crippen MR) is 58.3 cm³/mol. The zero-order chi connectivity index (χ0) is 10.6. The fraction of sp³-hybridized carbons (Fsp3) is 0.111. The van der Waals surface area contributed by atoms with Crippen molar-refractivity contribution < 1.29 is 14.3 Å². The van der Waals surface area contributed by atoms with Crippen molar-refractivity contribution >= 4 is 40.3 Å². The first-order valence-electron chi connectivity index (χ1n) is 3.65. The monoisotopic (exact) mass is 303 g/mol. The van der Waals surface area contributed by atoms with E-state index < -0.39 is 5.97 Å². The van der Waals surface area contributed by atoms with Gasteiger partial charge in [-0.2, -0.15) is 4.99 Å². The number of aliphatic imine (C=N–C) groups is 1. The Bertz CT molecular complexity index is 411. The Morgan fingerprint density at radius 2 is 2.29 bits per heavy atom. The molecule has 0 radical (unpaired) electrons. The molecule has 0 saturated carbocycles. The van der Waals surface area contributed by atoms with Crippen LogP contribution in [0.3, 0.4) is 0 Å². The van der Waals surface area contributed by atoms with Crippen LogP contribution in [0.4, 0.5) is 5.69 Å². The molecule has 0 saturated heterocycles. The van der Waals surface area contributed by atoms with Crippen LogP contribution in [0.5, 0.6) is 0 Å². The van der Waals surface area contributed by atoms with E-state index in [0.717, 1.165) is 0 Å². The van der Waals surface area contributed by atoms with Gasteiger partial charge in [-0.25, -0.2) is 9.59 Å². The van der Waals surface area contributed by atoms with Crippen LogP contribution in [0, 0.1) is 3.57 Å². The van der Waals surface area contributed by atoms with Gasteiger partial charge >= 0.3 is 5.97 Å². The number of hydrogen-bond acceptors (Lipinski definition) is 4. The Hall–Kier alpha value is -1.20. The average Bonchev–Trinajstić information content (AvgIpc) is 2.20. The molecule has 0 spiro atoms. The molecule has 0 heterocycles. The van der Waals surface area contributed by atoms with Gasteiger partial charge in [-0.1, -0.05) is 6.07 Å². The number of rotatable bonds is 2. The minimum absolute atomic E-state index is 0.393. The number of methoxy groups -OCH3 is 1. The van der Waals surface area contributed by atoms with E-state index in [9.17, 15) is 9.59 Å². The summed E-state index contributed by atoms with van der Waals surface area (Å²) >= 11 is 1.93. The summed E-state index contributed by atoms with van der Waals surface area (Å²) in [5.41, 5.74) is 0.813. The van der Waals surface area contributed by atoms with Crippen molar-refractivity contribution in [1.29, 1.82) is 0 Å². The fourth-order valence-electron chi connectivity index (χ4n) is 0.923. The van der Waals surface area contributed by atoms with Gasteiger partial charge in [0.2, 0.25) is 6.08 Å². The number of benzene rings is 1. The highest BCUT2D eigenvalue weighted by atomic mass is 127. The van der Waals surface area contributed by atoms with Gasteiger partial charge in [-0.05, 0) is 34.7 Å². The maximum Gasteiger partial charge on any atom is 0.339 e. The largest absolute Gasteiger partial charge is 0.465 e. The zero-order valence-electron chi connectivity index (χ0n) is 7.28. The van der Waals surface area contributed by atoms with Crippen LogP contribution in [-0.2, 0) is 9.53 Å². The summed E-state index contributed by atoms with van der Waals surface area (Å²) in [6.45, 7) is 0. The third kappa shape index (κ3) is 2.18. The summed E-state index contributed by atoms with van der Waals surface area (Å²) in [6.07, 6.45) is 1.43. The van der Waals surface area contributed by atoms with Crippen LogP contribution in [-0.4, -0.2) is 19.2 Å². The van der Waals surface area contributed by atoms with E-state index in [-0.39, 0.29) is 0 Å². The number of hydrogen-bond donors (Lipinski definition) is 0. The van der Waals surface area contributed by atoms with E-state index in [0.29, 0.717) is 14.8 Å². The van der Waals surface area contributed by atoms with Crippen LogP contribution < -0.4 is 0 Å². The lowest BCUT2D eigenvalue weighted by molar-refractivity contribution is 0.0599. The Labute approximate surface area is 94.1 Å². The van der Waals surface area contributed by atoms with Crippen LogP contribution >= 0.6 is 22.6 Å². The van der Waals surface area contributed by atoms with E-state index in [1.807, 2.05) is 22.6 Å². The van der Waals surface area contributed by atoms with Gasteiger partial charge in [0.1, 0.15) is 0 Å². The lowest BCUT2D eigenvalue weighted by Crippen LogP contribution is -2.03. The van der Waals surface area contributed by atoms with E-state index in [1.54, 1.807) is 18.2 Å². The molecule has 0 aliphatic heterocycles. The average molecular weight is 303 g/mol. The Balaban J connectivity index is 3.26. The molecular formula is C9H6INO3. The molecule has 0 aliphatic rings. The van der Waals surface area contributed by atoms with Gasteiger partial charge < -0.3 is 4.74 Å². The first kappa shape index (κ1) is 10.9. The molecule has 72 valence electrons. The first-order valence-corrected chi connectivity index (χ1v) is 4.73. The second kappa shape index (κ2) is 4.88. The normalized spacial score (nSPS) is 9.00. The molecule has 5 heteroatoms.